The Hall–Kier alpha value is -2.71. The van der Waals surface area contributed by atoms with Crippen molar-refractivity contribution in [2.75, 3.05) is 35.7 Å². The minimum absolute atomic E-state index is 0.0517. The molecule has 2 aromatic rings. The first-order valence-corrected chi connectivity index (χ1v) is 8.18. The zero-order valence-corrected chi connectivity index (χ0v) is 14.9. The standard InChI is InChI=1S/C17H19ClFN5O2/c1-3-15(26)24(2)14-9-11(5-6-13(14)19)22-17-21-10-12(18)16(23-17)20-7-4-8-25/h3,5-6,9-10,25H,1,4,7-8H2,2H3,(H2,20,21,22,23). The van der Waals surface area contributed by atoms with Gasteiger partial charge in [-0.1, -0.05) is 18.2 Å². The van der Waals surface area contributed by atoms with Gasteiger partial charge < -0.3 is 20.6 Å². The third kappa shape index (κ3) is 4.90. The van der Waals surface area contributed by atoms with E-state index in [4.69, 9.17) is 16.7 Å². The van der Waals surface area contributed by atoms with E-state index in [1.807, 2.05) is 0 Å². The molecule has 0 unspecified atom stereocenters. The monoisotopic (exact) mass is 379 g/mol. The summed E-state index contributed by atoms with van der Waals surface area (Å²) in [6, 6.07) is 4.20. The molecule has 0 bridgehead atoms. The van der Waals surface area contributed by atoms with Gasteiger partial charge in [-0.2, -0.15) is 4.98 Å². The van der Waals surface area contributed by atoms with Gasteiger partial charge in [-0.25, -0.2) is 9.37 Å². The summed E-state index contributed by atoms with van der Waals surface area (Å²) >= 11 is 6.04. The minimum atomic E-state index is -0.545. The van der Waals surface area contributed by atoms with Crippen molar-refractivity contribution < 1.29 is 14.3 Å². The van der Waals surface area contributed by atoms with Crippen molar-refractivity contribution in [1.29, 1.82) is 0 Å². The lowest BCUT2D eigenvalue weighted by atomic mass is 10.2. The van der Waals surface area contributed by atoms with Crippen molar-refractivity contribution in [2.24, 2.45) is 0 Å². The normalized spacial score (nSPS) is 10.3. The van der Waals surface area contributed by atoms with Crippen LogP contribution in [-0.2, 0) is 4.79 Å². The van der Waals surface area contributed by atoms with E-state index < -0.39 is 11.7 Å². The molecule has 0 saturated heterocycles. The van der Waals surface area contributed by atoms with Crippen molar-refractivity contribution in [3.05, 3.63) is 47.9 Å². The van der Waals surface area contributed by atoms with Gasteiger partial charge in [0.15, 0.2) is 0 Å². The van der Waals surface area contributed by atoms with Crippen LogP contribution in [0.1, 0.15) is 6.42 Å². The maximum absolute atomic E-state index is 14.0. The smallest absolute Gasteiger partial charge is 0.250 e. The van der Waals surface area contributed by atoms with Gasteiger partial charge in [-0.3, -0.25) is 4.79 Å². The molecule has 0 saturated carbocycles. The number of amides is 1. The number of hydrogen-bond donors (Lipinski definition) is 3. The van der Waals surface area contributed by atoms with Crippen molar-refractivity contribution in [3.8, 4) is 0 Å². The Kier molecular flexibility index (Phi) is 6.88. The fraction of sp³-hybridized carbons (Fsp3) is 0.235. The molecule has 0 fully saturated rings. The van der Waals surface area contributed by atoms with E-state index in [0.717, 1.165) is 11.0 Å². The quantitative estimate of drug-likeness (QED) is 0.482. The number of likely N-dealkylation sites (N-methyl/N-ethyl adjacent to an activating group) is 1. The molecule has 1 heterocycles. The number of aliphatic hydroxyl groups is 1. The molecule has 1 aromatic heterocycles. The average Bonchev–Trinajstić information content (AvgIpc) is 2.64. The second-order valence-corrected chi connectivity index (χ2v) is 5.69. The van der Waals surface area contributed by atoms with Gasteiger partial charge in [-0.05, 0) is 30.7 Å². The van der Waals surface area contributed by atoms with E-state index in [9.17, 15) is 9.18 Å². The number of nitrogens with one attached hydrogen (secondary N) is 2. The number of anilines is 4. The number of benzene rings is 1. The Balaban J connectivity index is 2.21. The summed E-state index contributed by atoms with van der Waals surface area (Å²) in [5, 5.41) is 15.1. The van der Waals surface area contributed by atoms with Crippen LogP contribution in [0.4, 0.5) is 27.5 Å². The van der Waals surface area contributed by atoms with Crippen LogP contribution < -0.4 is 15.5 Å². The fourth-order valence-electron chi connectivity index (χ4n) is 2.07. The highest BCUT2D eigenvalue weighted by atomic mass is 35.5. The molecule has 0 aliphatic heterocycles. The van der Waals surface area contributed by atoms with Gasteiger partial charge in [0.05, 0.1) is 11.9 Å². The number of aromatic nitrogens is 2. The zero-order valence-electron chi connectivity index (χ0n) is 14.2. The lowest BCUT2D eigenvalue weighted by Gasteiger charge is -2.17. The molecule has 0 radical (unpaired) electrons. The van der Waals surface area contributed by atoms with E-state index >= 15 is 0 Å². The summed E-state index contributed by atoms with van der Waals surface area (Å²) in [5.41, 5.74) is 0.587. The average molecular weight is 380 g/mol. The highest BCUT2D eigenvalue weighted by Gasteiger charge is 2.14. The lowest BCUT2D eigenvalue weighted by molar-refractivity contribution is -0.113. The molecule has 0 spiro atoms. The number of carbonyl (C=O) groups excluding carboxylic acids is 1. The molecule has 3 N–H and O–H groups in total. The molecular weight excluding hydrogens is 361 g/mol. The molecule has 2 rings (SSSR count). The van der Waals surface area contributed by atoms with Gasteiger partial charge in [-0.15, -0.1) is 0 Å². The largest absolute Gasteiger partial charge is 0.396 e. The third-order valence-corrected chi connectivity index (χ3v) is 3.72. The van der Waals surface area contributed by atoms with Crippen LogP contribution >= 0.6 is 11.6 Å². The van der Waals surface area contributed by atoms with Crippen LogP contribution in [0.3, 0.4) is 0 Å². The van der Waals surface area contributed by atoms with E-state index in [2.05, 4.69) is 27.2 Å². The van der Waals surface area contributed by atoms with Crippen LogP contribution in [0.5, 0.6) is 0 Å². The first-order valence-electron chi connectivity index (χ1n) is 7.80. The molecule has 1 amide bonds. The lowest BCUT2D eigenvalue weighted by Crippen LogP contribution is -2.24. The number of rotatable bonds is 8. The van der Waals surface area contributed by atoms with Gasteiger partial charge in [0.25, 0.3) is 0 Å². The second-order valence-electron chi connectivity index (χ2n) is 5.29. The Morgan fingerprint density at radius 3 is 2.96 bits per heavy atom. The molecule has 26 heavy (non-hydrogen) atoms. The van der Waals surface area contributed by atoms with Crippen molar-refractivity contribution in [2.45, 2.75) is 6.42 Å². The molecule has 1 aromatic carbocycles. The summed E-state index contributed by atoms with van der Waals surface area (Å²) in [6.07, 6.45) is 3.08. The topological polar surface area (TPSA) is 90.4 Å². The molecule has 138 valence electrons. The Morgan fingerprint density at radius 1 is 1.50 bits per heavy atom. The van der Waals surface area contributed by atoms with Gasteiger partial charge in [0.1, 0.15) is 16.7 Å². The molecule has 0 aliphatic rings. The number of halogens is 2. The fourth-order valence-corrected chi connectivity index (χ4v) is 2.23. The highest BCUT2D eigenvalue weighted by molar-refractivity contribution is 6.32. The number of hydrogen-bond acceptors (Lipinski definition) is 6. The van der Waals surface area contributed by atoms with Crippen LogP contribution in [0, 0.1) is 5.82 Å². The van der Waals surface area contributed by atoms with Crippen molar-refractivity contribution in [1.82, 2.24) is 9.97 Å². The Labute approximate surface area is 155 Å². The summed E-state index contributed by atoms with van der Waals surface area (Å²) in [7, 11) is 1.45. The summed E-state index contributed by atoms with van der Waals surface area (Å²) in [5.74, 6) is -0.314. The van der Waals surface area contributed by atoms with Crippen molar-refractivity contribution in [3.63, 3.8) is 0 Å². The van der Waals surface area contributed by atoms with E-state index in [1.165, 1.54) is 31.4 Å². The highest BCUT2D eigenvalue weighted by Crippen LogP contribution is 2.26. The summed E-state index contributed by atoms with van der Waals surface area (Å²) in [6.45, 7) is 3.94. The predicted octanol–water partition coefficient (Wildman–Crippen LogP) is 2.96. The molecular formula is C17H19ClFN5O2. The first-order chi connectivity index (χ1) is 12.5. The number of carbonyl (C=O) groups is 1. The minimum Gasteiger partial charge on any atom is -0.396 e. The van der Waals surface area contributed by atoms with Gasteiger partial charge >= 0.3 is 0 Å². The molecule has 9 heteroatoms. The van der Waals surface area contributed by atoms with Gasteiger partial charge in [0, 0.05) is 25.9 Å². The van der Waals surface area contributed by atoms with Gasteiger partial charge in [0.2, 0.25) is 11.9 Å². The first kappa shape index (κ1) is 19.6. The van der Waals surface area contributed by atoms with Crippen LogP contribution in [0.25, 0.3) is 0 Å². The Morgan fingerprint density at radius 2 is 2.27 bits per heavy atom. The van der Waals surface area contributed by atoms with Crippen LogP contribution in [0.2, 0.25) is 5.02 Å². The van der Waals surface area contributed by atoms with E-state index in [1.54, 1.807) is 0 Å². The third-order valence-electron chi connectivity index (χ3n) is 3.44. The predicted molar refractivity (Wildman–Crippen MR) is 101 cm³/mol. The molecule has 0 aliphatic carbocycles. The number of nitrogens with zero attached hydrogens (tertiary/aromatic N) is 3. The Bertz CT molecular complexity index is 803. The maximum Gasteiger partial charge on any atom is 0.250 e. The SMILES string of the molecule is C=CC(=O)N(C)c1cc(Nc2ncc(Cl)c(NCCCO)n2)ccc1F. The molecule has 7 nitrogen and oxygen atoms in total. The van der Waals surface area contributed by atoms with Crippen molar-refractivity contribution >= 4 is 40.6 Å². The number of aliphatic hydroxyl groups excluding tert-OH is 1. The van der Waals surface area contributed by atoms with E-state index in [-0.39, 0.29) is 18.2 Å². The van der Waals surface area contributed by atoms with E-state index in [0.29, 0.717) is 29.5 Å². The summed E-state index contributed by atoms with van der Waals surface area (Å²) in [4.78, 5) is 21.2. The van der Waals surface area contributed by atoms with Crippen LogP contribution in [-0.4, -0.2) is 41.2 Å². The summed E-state index contributed by atoms with van der Waals surface area (Å²) < 4.78 is 14.0. The van der Waals surface area contributed by atoms with Crippen LogP contribution in [0.15, 0.2) is 37.1 Å². The molecule has 0 atom stereocenters. The zero-order chi connectivity index (χ0) is 19.1. The second kappa shape index (κ2) is 9.12. The maximum atomic E-state index is 14.0.